The Balaban J connectivity index is 2.00. The van der Waals surface area contributed by atoms with E-state index >= 15 is 0 Å². The van der Waals surface area contributed by atoms with E-state index in [1.807, 2.05) is 11.8 Å². The van der Waals surface area contributed by atoms with E-state index in [1.165, 1.54) is 30.4 Å². The van der Waals surface area contributed by atoms with Crippen LogP contribution < -0.4 is 0 Å². The van der Waals surface area contributed by atoms with E-state index in [9.17, 15) is 4.39 Å². The van der Waals surface area contributed by atoms with Crippen LogP contribution in [-0.2, 0) is 12.4 Å². The summed E-state index contributed by atoms with van der Waals surface area (Å²) in [4.78, 5) is 4.47. The molecule has 0 bridgehead atoms. The van der Waals surface area contributed by atoms with Crippen LogP contribution in [0, 0.1) is 11.7 Å². The Morgan fingerprint density at radius 2 is 2.10 bits per heavy atom. The molecule has 0 spiro atoms. The highest BCUT2D eigenvalue weighted by Crippen LogP contribution is 2.29. The van der Waals surface area contributed by atoms with Crippen molar-refractivity contribution in [3.05, 3.63) is 28.8 Å². The van der Waals surface area contributed by atoms with Gasteiger partial charge in [0.1, 0.15) is 11.6 Å². The molecular weight excluding hydrogens is 318 g/mol. The standard InChI is InChI=1S/C14H15Cl2FN2S/c15-7-14-18-12-5-10(16)11(17)6-13(12)19(14)8-9-1-3-20-4-2-9/h5-6,9H,1-4,7-8H2. The number of aromatic nitrogens is 2. The van der Waals surface area contributed by atoms with Gasteiger partial charge in [0.05, 0.1) is 21.9 Å². The number of alkyl halides is 1. The number of nitrogens with zero attached hydrogens (tertiary/aromatic N) is 2. The van der Waals surface area contributed by atoms with Crippen molar-refractivity contribution in [3.63, 3.8) is 0 Å². The predicted molar refractivity (Wildman–Crippen MR) is 84.3 cm³/mol. The molecular formula is C14H15Cl2FN2S. The zero-order valence-corrected chi connectivity index (χ0v) is 13.2. The van der Waals surface area contributed by atoms with Crippen molar-refractivity contribution in [2.75, 3.05) is 11.5 Å². The predicted octanol–water partition coefficient (Wildman–Crippen LogP) is 4.71. The summed E-state index contributed by atoms with van der Waals surface area (Å²) in [6.45, 7) is 0.861. The van der Waals surface area contributed by atoms with Gasteiger partial charge in [0, 0.05) is 12.6 Å². The largest absolute Gasteiger partial charge is 0.327 e. The maximum absolute atomic E-state index is 13.7. The lowest BCUT2D eigenvalue weighted by Gasteiger charge is -2.22. The van der Waals surface area contributed by atoms with Crippen LogP contribution in [0.2, 0.25) is 5.02 Å². The summed E-state index contributed by atoms with van der Waals surface area (Å²) in [5.74, 6) is 3.74. The summed E-state index contributed by atoms with van der Waals surface area (Å²) in [6, 6.07) is 3.05. The van der Waals surface area contributed by atoms with E-state index in [-0.39, 0.29) is 5.02 Å². The summed E-state index contributed by atoms with van der Waals surface area (Å²) >= 11 is 13.8. The summed E-state index contributed by atoms with van der Waals surface area (Å²) in [5, 5.41) is 0.109. The highest BCUT2D eigenvalue weighted by Gasteiger charge is 2.19. The fourth-order valence-electron chi connectivity index (χ4n) is 2.66. The molecule has 108 valence electrons. The first kappa shape index (κ1) is 14.5. The third-order valence-corrected chi connectivity index (χ3v) is 5.35. The molecule has 20 heavy (non-hydrogen) atoms. The van der Waals surface area contributed by atoms with E-state index in [0.29, 0.717) is 11.8 Å². The van der Waals surface area contributed by atoms with E-state index in [0.717, 1.165) is 23.4 Å². The SMILES string of the molecule is Fc1cc2c(cc1Cl)nc(CCl)n2CC1CCSCC1. The molecule has 0 amide bonds. The zero-order chi connectivity index (χ0) is 14.1. The van der Waals surface area contributed by atoms with Crippen molar-refractivity contribution in [1.82, 2.24) is 9.55 Å². The first-order valence-electron chi connectivity index (χ1n) is 6.67. The number of rotatable bonds is 3. The van der Waals surface area contributed by atoms with Gasteiger partial charge in [-0.15, -0.1) is 11.6 Å². The van der Waals surface area contributed by atoms with Crippen LogP contribution in [0.25, 0.3) is 11.0 Å². The summed E-state index contributed by atoms with van der Waals surface area (Å²) in [6.07, 6.45) is 2.39. The van der Waals surface area contributed by atoms with E-state index < -0.39 is 5.82 Å². The second-order valence-corrected chi connectivity index (χ2v) is 6.98. The monoisotopic (exact) mass is 332 g/mol. The molecule has 2 nitrogen and oxygen atoms in total. The van der Waals surface area contributed by atoms with Crippen molar-refractivity contribution in [2.24, 2.45) is 5.92 Å². The Labute approximate surface area is 131 Å². The smallest absolute Gasteiger partial charge is 0.144 e. The normalized spacial score (nSPS) is 16.9. The Bertz CT molecular complexity index is 623. The number of halogens is 3. The second kappa shape index (κ2) is 6.12. The third-order valence-electron chi connectivity index (χ3n) is 3.77. The molecule has 1 fully saturated rings. The quantitative estimate of drug-likeness (QED) is 0.757. The van der Waals surface area contributed by atoms with Gasteiger partial charge in [0.2, 0.25) is 0 Å². The van der Waals surface area contributed by atoms with Gasteiger partial charge in [-0.3, -0.25) is 0 Å². The Morgan fingerprint density at radius 3 is 2.80 bits per heavy atom. The van der Waals surface area contributed by atoms with Gasteiger partial charge in [0.15, 0.2) is 0 Å². The minimum Gasteiger partial charge on any atom is -0.327 e. The molecule has 0 atom stereocenters. The van der Waals surface area contributed by atoms with Crippen molar-refractivity contribution in [1.29, 1.82) is 0 Å². The molecule has 1 saturated heterocycles. The van der Waals surface area contributed by atoms with E-state index in [1.54, 1.807) is 6.07 Å². The van der Waals surface area contributed by atoms with Gasteiger partial charge in [-0.25, -0.2) is 9.37 Å². The third kappa shape index (κ3) is 2.78. The Hall–Kier alpha value is -0.450. The van der Waals surface area contributed by atoms with Gasteiger partial charge >= 0.3 is 0 Å². The summed E-state index contributed by atoms with van der Waals surface area (Å²) in [5.41, 5.74) is 1.51. The number of fused-ring (bicyclic) bond motifs is 1. The van der Waals surface area contributed by atoms with Gasteiger partial charge in [-0.1, -0.05) is 11.6 Å². The highest BCUT2D eigenvalue weighted by atomic mass is 35.5. The molecule has 0 radical (unpaired) electrons. The van der Waals surface area contributed by atoms with Crippen molar-refractivity contribution >= 4 is 46.0 Å². The molecule has 6 heteroatoms. The molecule has 0 saturated carbocycles. The molecule has 0 N–H and O–H groups in total. The minimum atomic E-state index is -0.402. The second-order valence-electron chi connectivity index (χ2n) is 5.08. The van der Waals surface area contributed by atoms with Crippen LogP contribution >= 0.6 is 35.0 Å². The lowest BCUT2D eigenvalue weighted by molar-refractivity contribution is 0.417. The van der Waals surface area contributed by atoms with Crippen LogP contribution in [0.1, 0.15) is 18.7 Å². The molecule has 1 aromatic heterocycles. The van der Waals surface area contributed by atoms with E-state index in [2.05, 4.69) is 9.55 Å². The van der Waals surface area contributed by atoms with Crippen molar-refractivity contribution in [3.8, 4) is 0 Å². The molecule has 1 aliphatic heterocycles. The molecule has 1 aliphatic rings. The van der Waals surface area contributed by atoms with Gasteiger partial charge in [-0.05, 0) is 36.3 Å². The van der Waals surface area contributed by atoms with Gasteiger partial charge in [-0.2, -0.15) is 11.8 Å². The Kier molecular flexibility index (Phi) is 4.43. The number of imidazole rings is 1. The van der Waals surface area contributed by atoms with Gasteiger partial charge in [0.25, 0.3) is 0 Å². The van der Waals surface area contributed by atoms with Crippen molar-refractivity contribution < 1.29 is 4.39 Å². The van der Waals surface area contributed by atoms with Gasteiger partial charge < -0.3 is 4.57 Å². The zero-order valence-electron chi connectivity index (χ0n) is 10.9. The molecule has 2 aromatic rings. The Morgan fingerprint density at radius 1 is 1.35 bits per heavy atom. The average molecular weight is 333 g/mol. The van der Waals surface area contributed by atoms with Crippen molar-refractivity contribution in [2.45, 2.75) is 25.3 Å². The summed E-state index contributed by atoms with van der Waals surface area (Å²) < 4.78 is 15.8. The molecule has 3 rings (SSSR count). The lowest BCUT2D eigenvalue weighted by atomic mass is 10.0. The number of hydrogen-bond donors (Lipinski definition) is 0. The highest BCUT2D eigenvalue weighted by molar-refractivity contribution is 7.99. The summed E-state index contributed by atoms with van der Waals surface area (Å²) in [7, 11) is 0. The van der Waals surface area contributed by atoms with Crippen LogP contribution in [0.3, 0.4) is 0 Å². The first-order valence-corrected chi connectivity index (χ1v) is 8.73. The average Bonchev–Trinajstić information content (AvgIpc) is 2.78. The first-order chi connectivity index (χ1) is 9.69. The molecule has 2 heterocycles. The van der Waals surface area contributed by atoms with Crippen LogP contribution in [0.4, 0.5) is 4.39 Å². The molecule has 1 aromatic carbocycles. The number of hydrogen-bond acceptors (Lipinski definition) is 2. The molecule has 0 aliphatic carbocycles. The van der Waals surface area contributed by atoms with Crippen LogP contribution in [0.15, 0.2) is 12.1 Å². The number of thioether (sulfide) groups is 1. The maximum atomic E-state index is 13.7. The topological polar surface area (TPSA) is 17.8 Å². The fraction of sp³-hybridized carbons (Fsp3) is 0.500. The fourth-order valence-corrected chi connectivity index (χ4v) is 4.23. The van der Waals surface area contributed by atoms with Crippen LogP contribution in [0.5, 0.6) is 0 Å². The van der Waals surface area contributed by atoms with Crippen LogP contribution in [-0.4, -0.2) is 21.1 Å². The maximum Gasteiger partial charge on any atom is 0.144 e. The van der Waals surface area contributed by atoms with E-state index in [4.69, 9.17) is 23.2 Å². The molecule has 0 unspecified atom stereocenters. The lowest BCUT2D eigenvalue weighted by Crippen LogP contribution is -2.17. The number of benzene rings is 1. The minimum absolute atomic E-state index is 0.109.